The van der Waals surface area contributed by atoms with Crippen LogP contribution in [0.2, 0.25) is 0 Å². The Kier molecular flexibility index (Phi) is 5.98. The molecule has 0 aliphatic heterocycles. The van der Waals surface area contributed by atoms with Gasteiger partial charge in [0.05, 0.1) is 5.92 Å². The van der Waals surface area contributed by atoms with Crippen molar-refractivity contribution in [2.24, 2.45) is 0 Å². The van der Waals surface area contributed by atoms with E-state index in [9.17, 15) is 14.9 Å². The molecular weight excluding hydrogens is 360 g/mol. The monoisotopic (exact) mass is 376 g/mol. The van der Waals surface area contributed by atoms with Gasteiger partial charge in [0, 0.05) is 28.4 Å². The highest BCUT2D eigenvalue weighted by molar-refractivity contribution is 9.10. The number of rotatable bonds is 7. The van der Waals surface area contributed by atoms with Crippen LogP contribution >= 0.6 is 15.9 Å². The third kappa shape index (κ3) is 4.45. The second-order valence-electron chi connectivity index (χ2n) is 5.26. The van der Waals surface area contributed by atoms with Gasteiger partial charge >= 0.3 is 0 Å². The second-order valence-corrected chi connectivity index (χ2v) is 6.18. The highest BCUT2D eigenvalue weighted by atomic mass is 79.9. The summed E-state index contributed by atoms with van der Waals surface area (Å²) in [5.41, 5.74) is 1.13. The first-order valence-electron chi connectivity index (χ1n) is 7.36. The van der Waals surface area contributed by atoms with Gasteiger partial charge in [-0.15, -0.1) is 0 Å². The van der Waals surface area contributed by atoms with Gasteiger partial charge < -0.3 is 0 Å². The predicted octanol–water partition coefficient (Wildman–Crippen LogP) is 4.26. The maximum absolute atomic E-state index is 12.4. The van der Waals surface area contributed by atoms with Gasteiger partial charge in [0.25, 0.3) is 0 Å². The number of pyridine rings is 1. The van der Waals surface area contributed by atoms with E-state index in [4.69, 9.17) is 0 Å². The molecule has 0 radical (unpaired) electrons. The maximum Gasteiger partial charge on any atom is 0.220 e. The van der Waals surface area contributed by atoms with Gasteiger partial charge in [-0.05, 0) is 29.8 Å². The Morgan fingerprint density at radius 3 is 2.48 bits per heavy atom. The van der Waals surface area contributed by atoms with Crippen LogP contribution in [0.25, 0.3) is 0 Å². The van der Waals surface area contributed by atoms with Crippen molar-refractivity contribution >= 4 is 21.7 Å². The van der Waals surface area contributed by atoms with Crippen LogP contribution in [0.3, 0.4) is 0 Å². The van der Waals surface area contributed by atoms with E-state index in [0.717, 1.165) is 10.0 Å². The molecule has 1 aromatic heterocycles. The summed E-state index contributed by atoms with van der Waals surface area (Å²) >= 11 is 3.35. The highest BCUT2D eigenvalue weighted by Gasteiger charge is 2.33. The maximum atomic E-state index is 12.4. The van der Waals surface area contributed by atoms with E-state index in [-0.39, 0.29) is 17.1 Å². The van der Waals surface area contributed by atoms with E-state index in [1.807, 2.05) is 24.3 Å². The molecule has 23 heavy (non-hydrogen) atoms. The van der Waals surface area contributed by atoms with Gasteiger partial charge in [0.15, 0.2) is 5.78 Å². The summed E-state index contributed by atoms with van der Waals surface area (Å²) in [6, 6.07) is 11.6. The van der Waals surface area contributed by atoms with Gasteiger partial charge in [-0.3, -0.25) is 19.9 Å². The van der Waals surface area contributed by atoms with Crippen molar-refractivity contribution in [3.05, 3.63) is 74.5 Å². The Labute approximate surface area is 143 Å². The minimum absolute atomic E-state index is 0.0676. The van der Waals surface area contributed by atoms with E-state index in [1.165, 1.54) is 0 Å². The summed E-state index contributed by atoms with van der Waals surface area (Å²) in [4.78, 5) is 27.6. The number of ketones is 1. The van der Waals surface area contributed by atoms with Crippen LogP contribution in [0.5, 0.6) is 0 Å². The average molecular weight is 377 g/mol. The minimum atomic E-state index is -0.802. The number of carbonyl (C=O) groups excluding carboxylic acids is 1. The third-order valence-corrected chi connectivity index (χ3v) is 4.34. The summed E-state index contributed by atoms with van der Waals surface area (Å²) in [7, 11) is 0. The van der Waals surface area contributed by atoms with Crippen LogP contribution in [0.1, 0.15) is 41.7 Å². The van der Waals surface area contributed by atoms with E-state index in [2.05, 4.69) is 20.9 Å². The largest absolute Gasteiger partial charge is 0.292 e. The van der Waals surface area contributed by atoms with Gasteiger partial charge in [-0.25, -0.2) is 0 Å². The molecule has 6 heteroatoms. The van der Waals surface area contributed by atoms with Gasteiger partial charge in [-0.2, -0.15) is 0 Å². The van der Waals surface area contributed by atoms with Crippen LogP contribution in [0, 0.1) is 10.1 Å². The molecule has 1 heterocycles. The van der Waals surface area contributed by atoms with Crippen LogP contribution in [0.4, 0.5) is 0 Å². The summed E-state index contributed by atoms with van der Waals surface area (Å²) < 4.78 is 0.894. The van der Waals surface area contributed by atoms with E-state index in [1.54, 1.807) is 31.3 Å². The molecule has 0 saturated heterocycles. The van der Waals surface area contributed by atoms with Crippen LogP contribution in [0.15, 0.2) is 53.1 Å². The van der Waals surface area contributed by atoms with Crippen molar-refractivity contribution in [3.8, 4) is 0 Å². The zero-order chi connectivity index (χ0) is 16.8. The molecule has 0 unspecified atom stereocenters. The quantitative estimate of drug-likeness (QED) is 0.411. The van der Waals surface area contributed by atoms with E-state index >= 15 is 0 Å². The van der Waals surface area contributed by atoms with Crippen LogP contribution in [-0.2, 0) is 0 Å². The first-order chi connectivity index (χ1) is 11.0. The third-order valence-electron chi connectivity index (χ3n) is 3.81. The molecular formula is C17H17BrN2O3. The molecule has 0 saturated carbocycles. The molecule has 0 amide bonds. The van der Waals surface area contributed by atoms with E-state index < -0.39 is 12.0 Å². The van der Waals surface area contributed by atoms with Crippen molar-refractivity contribution in [2.45, 2.75) is 31.7 Å². The first-order valence-corrected chi connectivity index (χ1v) is 8.15. The fraction of sp³-hybridized carbons (Fsp3) is 0.294. The van der Waals surface area contributed by atoms with Crippen molar-refractivity contribution in [1.82, 2.24) is 4.98 Å². The van der Waals surface area contributed by atoms with Crippen LogP contribution in [-0.4, -0.2) is 21.7 Å². The smallest absolute Gasteiger partial charge is 0.220 e. The summed E-state index contributed by atoms with van der Waals surface area (Å²) in [5.74, 6) is -0.656. The van der Waals surface area contributed by atoms with Crippen molar-refractivity contribution in [2.75, 3.05) is 0 Å². The Balaban J connectivity index is 2.31. The molecule has 5 nitrogen and oxygen atoms in total. The highest BCUT2D eigenvalue weighted by Crippen LogP contribution is 2.29. The Morgan fingerprint density at radius 1 is 1.26 bits per heavy atom. The standard InChI is InChI=1S/C17H17BrN2O3/c1-2-16(20(22)23)14(12-6-8-13(18)9-7-12)11-17(21)15-5-3-4-10-19-15/h3-10,14,16H,2,11H2,1H3/t14-,16-/m0/s1. The predicted molar refractivity (Wildman–Crippen MR) is 91.1 cm³/mol. The zero-order valence-electron chi connectivity index (χ0n) is 12.7. The lowest BCUT2D eigenvalue weighted by Gasteiger charge is -2.20. The first kappa shape index (κ1) is 17.3. The summed E-state index contributed by atoms with van der Waals surface area (Å²) in [5, 5.41) is 11.4. The SMILES string of the molecule is CC[C@@H]([C@@H](CC(=O)c1ccccn1)c1ccc(Br)cc1)[N+](=O)[O-]. The van der Waals surface area contributed by atoms with Crippen molar-refractivity contribution in [3.63, 3.8) is 0 Å². The summed E-state index contributed by atoms with van der Waals surface area (Å²) in [6.07, 6.45) is 1.98. The number of hydrogen-bond acceptors (Lipinski definition) is 4. The Morgan fingerprint density at radius 2 is 1.96 bits per heavy atom. The molecule has 2 rings (SSSR count). The topological polar surface area (TPSA) is 73.1 Å². The molecule has 0 fully saturated rings. The van der Waals surface area contributed by atoms with Crippen LogP contribution < -0.4 is 0 Å². The number of nitro groups is 1. The summed E-state index contributed by atoms with van der Waals surface area (Å²) in [6.45, 7) is 1.77. The number of halogens is 1. The zero-order valence-corrected chi connectivity index (χ0v) is 14.3. The van der Waals surface area contributed by atoms with Gasteiger partial charge in [-0.1, -0.05) is 41.1 Å². The van der Waals surface area contributed by atoms with E-state index in [0.29, 0.717) is 12.1 Å². The number of carbonyl (C=O) groups is 1. The number of nitrogens with zero attached hydrogens (tertiary/aromatic N) is 2. The molecule has 1 aromatic carbocycles. The molecule has 0 bridgehead atoms. The molecule has 0 aliphatic rings. The van der Waals surface area contributed by atoms with Crippen molar-refractivity contribution in [1.29, 1.82) is 0 Å². The fourth-order valence-electron chi connectivity index (χ4n) is 2.60. The Bertz CT molecular complexity index is 674. The number of aromatic nitrogens is 1. The van der Waals surface area contributed by atoms with Crippen molar-refractivity contribution < 1.29 is 9.72 Å². The van der Waals surface area contributed by atoms with Gasteiger partial charge in [0.1, 0.15) is 5.69 Å². The lowest BCUT2D eigenvalue weighted by molar-refractivity contribution is -0.527. The molecule has 0 N–H and O–H groups in total. The molecule has 2 aromatic rings. The average Bonchev–Trinajstić information content (AvgIpc) is 2.56. The molecule has 120 valence electrons. The normalized spacial score (nSPS) is 13.3. The van der Waals surface area contributed by atoms with Gasteiger partial charge in [0.2, 0.25) is 6.04 Å². The lowest BCUT2D eigenvalue weighted by atomic mass is 9.85. The Hall–Kier alpha value is -2.08. The number of hydrogen-bond donors (Lipinski definition) is 0. The number of Topliss-reactive ketones (excluding diaryl/α,β-unsaturated/α-hetero) is 1. The second kappa shape index (κ2) is 7.97. The fourth-order valence-corrected chi connectivity index (χ4v) is 2.86. The lowest BCUT2D eigenvalue weighted by Crippen LogP contribution is -2.29. The molecule has 0 spiro atoms. The number of benzene rings is 1. The molecule has 0 aliphatic carbocycles. The minimum Gasteiger partial charge on any atom is -0.292 e. The molecule has 2 atom stereocenters.